The highest BCUT2D eigenvalue weighted by atomic mass is 19.1. The molecule has 1 amide bonds. The molecule has 1 saturated heterocycles. The van der Waals surface area contributed by atoms with Crippen molar-refractivity contribution in [1.82, 2.24) is 10.2 Å². The van der Waals surface area contributed by atoms with E-state index < -0.39 is 18.1 Å². The first-order valence-electron chi connectivity index (χ1n) is 23.0. The molecule has 0 radical (unpaired) electrons. The molecule has 0 spiro atoms. The van der Waals surface area contributed by atoms with Gasteiger partial charge >= 0.3 is 5.97 Å². The fourth-order valence-corrected chi connectivity index (χ4v) is 15.5. The van der Waals surface area contributed by atoms with E-state index >= 15 is 0 Å². The zero-order valence-electron chi connectivity index (χ0n) is 36.3. The number of carbonyl (C=O) groups is 2. The van der Waals surface area contributed by atoms with E-state index in [1.165, 1.54) is 68.1 Å². The third-order valence-electron chi connectivity index (χ3n) is 18.8. The van der Waals surface area contributed by atoms with Crippen molar-refractivity contribution < 1.29 is 18.7 Å². The van der Waals surface area contributed by atoms with Crippen LogP contribution in [0, 0.1) is 56.7 Å². The number of alkyl halides is 1. The van der Waals surface area contributed by atoms with Crippen LogP contribution in [0.4, 0.5) is 4.39 Å². The molecule has 5 fully saturated rings. The average molecular weight is 781 g/mol. The summed E-state index contributed by atoms with van der Waals surface area (Å²) in [4.78, 5) is 27.8. The maximum atomic E-state index is 14.8. The number of hydrogen-bond acceptors (Lipinski definition) is 4. The molecule has 7 aliphatic rings. The first kappa shape index (κ1) is 41.0. The van der Waals surface area contributed by atoms with Gasteiger partial charge in [0.2, 0.25) is 5.91 Å². The quantitative estimate of drug-likeness (QED) is 0.138. The van der Waals surface area contributed by atoms with Gasteiger partial charge in [0.05, 0.1) is 5.41 Å². The van der Waals surface area contributed by atoms with Gasteiger partial charge in [-0.2, -0.15) is 0 Å². The van der Waals surface area contributed by atoms with Crippen LogP contribution in [0.2, 0.25) is 0 Å². The van der Waals surface area contributed by atoms with E-state index in [4.69, 9.17) is 4.74 Å². The summed E-state index contributed by atoms with van der Waals surface area (Å²) >= 11 is 0. The lowest BCUT2D eigenvalue weighted by Crippen LogP contribution is -2.68. The van der Waals surface area contributed by atoms with Crippen LogP contribution >= 0.6 is 0 Å². The molecule has 4 saturated carbocycles. The van der Waals surface area contributed by atoms with Crippen LogP contribution in [-0.2, 0) is 20.9 Å². The number of rotatable bonds is 11. The van der Waals surface area contributed by atoms with Crippen LogP contribution < -0.4 is 5.32 Å². The SMILES string of the molecule is C=C(C)[C@@H]1CC[C@]2(NCCCN3CCCC3=O)CC[C@]3(C)[C@H](CC[C@@H]4[C@@]5(C)CC=C(C6=CC[C@](CF)(C(=O)OCc7ccccc7)CC6)C(C)(C)[C@@H]5CC[C@]43C)[C@@H]12. The van der Waals surface area contributed by atoms with E-state index in [1.54, 1.807) is 0 Å². The fraction of sp³-hybridized carbons (Fsp3) is 0.725. The third kappa shape index (κ3) is 6.54. The van der Waals surface area contributed by atoms with Gasteiger partial charge in [0.25, 0.3) is 0 Å². The Morgan fingerprint density at radius 1 is 0.912 bits per heavy atom. The van der Waals surface area contributed by atoms with Crippen molar-refractivity contribution in [3.05, 3.63) is 71.3 Å². The number of allylic oxidation sites excluding steroid dienone is 5. The Kier molecular flexibility index (Phi) is 10.8. The molecule has 6 aliphatic carbocycles. The lowest BCUT2D eigenvalue weighted by molar-refractivity contribution is -0.221. The number of likely N-dealkylation sites (tertiary alicyclic amines) is 1. The minimum atomic E-state index is -1.09. The zero-order valence-corrected chi connectivity index (χ0v) is 36.3. The average Bonchev–Trinajstić information content (AvgIpc) is 3.79. The molecule has 6 heteroatoms. The smallest absolute Gasteiger partial charge is 0.315 e. The number of benzene rings is 1. The largest absolute Gasteiger partial charge is 0.460 e. The highest BCUT2D eigenvalue weighted by molar-refractivity contribution is 5.78. The van der Waals surface area contributed by atoms with Crippen molar-refractivity contribution in [2.24, 2.45) is 56.7 Å². The summed E-state index contributed by atoms with van der Waals surface area (Å²) in [6, 6.07) is 9.69. The molecule has 0 bridgehead atoms. The van der Waals surface area contributed by atoms with E-state index in [1.807, 2.05) is 30.3 Å². The predicted molar refractivity (Wildman–Crippen MR) is 228 cm³/mol. The van der Waals surface area contributed by atoms with Gasteiger partial charge in [-0.25, -0.2) is 4.39 Å². The van der Waals surface area contributed by atoms with Crippen molar-refractivity contribution in [2.45, 2.75) is 150 Å². The van der Waals surface area contributed by atoms with Crippen LogP contribution in [0.25, 0.3) is 0 Å². The molecular weight excluding hydrogens is 708 g/mol. The van der Waals surface area contributed by atoms with Gasteiger partial charge in [0.1, 0.15) is 13.3 Å². The number of fused-ring (bicyclic) bond motifs is 7. The van der Waals surface area contributed by atoms with Gasteiger partial charge in [0.15, 0.2) is 0 Å². The second-order valence-corrected chi connectivity index (χ2v) is 21.6. The Balaban J connectivity index is 0.997. The lowest BCUT2D eigenvalue weighted by atomic mass is 9.33. The maximum absolute atomic E-state index is 14.8. The van der Waals surface area contributed by atoms with Crippen molar-refractivity contribution in [2.75, 3.05) is 26.3 Å². The molecule has 1 aliphatic heterocycles. The number of amides is 1. The van der Waals surface area contributed by atoms with Crippen LogP contribution in [0.3, 0.4) is 0 Å². The van der Waals surface area contributed by atoms with Crippen molar-refractivity contribution >= 4 is 11.9 Å². The van der Waals surface area contributed by atoms with E-state index in [0.29, 0.717) is 48.3 Å². The number of halogens is 1. The summed E-state index contributed by atoms with van der Waals surface area (Å²) < 4.78 is 20.5. The van der Waals surface area contributed by atoms with Crippen molar-refractivity contribution in [3.63, 3.8) is 0 Å². The molecule has 10 atom stereocenters. The minimum Gasteiger partial charge on any atom is -0.460 e. The molecule has 1 aromatic rings. The van der Waals surface area contributed by atoms with Gasteiger partial charge in [-0.1, -0.05) is 89.3 Å². The fourth-order valence-electron chi connectivity index (χ4n) is 15.5. The van der Waals surface area contributed by atoms with Gasteiger partial charge in [-0.15, -0.1) is 0 Å². The highest BCUT2D eigenvalue weighted by Gasteiger charge is 2.70. The van der Waals surface area contributed by atoms with Gasteiger partial charge in [-0.05, 0) is 171 Å². The maximum Gasteiger partial charge on any atom is 0.315 e. The Morgan fingerprint density at radius 2 is 1.70 bits per heavy atom. The van der Waals surface area contributed by atoms with Gasteiger partial charge < -0.3 is 15.0 Å². The number of nitrogens with one attached hydrogen (secondary N) is 1. The summed E-state index contributed by atoms with van der Waals surface area (Å²) in [6.07, 6.45) is 20.5. The summed E-state index contributed by atoms with van der Waals surface area (Å²) in [5.41, 5.74) is 4.98. The van der Waals surface area contributed by atoms with E-state index in [0.717, 1.165) is 57.3 Å². The molecule has 5 nitrogen and oxygen atoms in total. The normalized spacial score (nSPS) is 40.9. The Hall–Kier alpha value is -2.73. The molecule has 1 N–H and O–H groups in total. The topological polar surface area (TPSA) is 58.6 Å². The molecule has 1 heterocycles. The Morgan fingerprint density at radius 3 is 2.39 bits per heavy atom. The molecular formula is C51H73FN2O3. The third-order valence-corrected chi connectivity index (χ3v) is 18.8. The van der Waals surface area contributed by atoms with Crippen LogP contribution in [-0.4, -0.2) is 48.6 Å². The standard InChI is InChI=1S/C51H73FN2O3/c1-35(2)38-20-27-51(53-30-12-32-54-31-11-15-43(54)55)29-28-48(6)40(44(38)51)16-17-42-47(5)23-21-39(46(3,4)41(47)22-24-49(42,48)7)37-18-25-50(34-52,26-19-37)45(56)57-33-36-13-9-8-10-14-36/h8-10,13-14,18,21,38,40-42,44,53H,1,11-12,15-17,19-20,22-34H2,2-7H3/t38-,40+,41-,42+,44+,47-,48+,49+,50-,51-/m0/s1. The van der Waals surface area contributed by atoms with Crippen LogP contribution in [0.15, 0.2) is 65.8 Å². The molecule has 0 unspecified atom stereocenters. The Labute approximate surface area is 344 Å². The molecule has 57 heavy (non-hydrogen) atoms. The van der Waals surface area contributed by atoms with Crippen LogP contribution in [0.5, 0.6) is 0 Å². The first-order valence-corrected chi connectivity index (χ1v) is 23.0. The number of ether oxygens (including phenoxy) is 1. The number of carbonyl (C=O) groups excluding carboxylic acids is 2. The lowest BCUT2D eigenvalue weighted by Gasteiger charge is -2.72. The van der Waals surface area contributed by atoms with Crippen LogP contribution in [0.1, 0.15) is 143 Å². The Bertz CT molecular complexity index is 1780. The van der Waals surface area contributed by atoms with Gasteiger partial charge in [0, 0.05) is 25.0 Å². The summed E-state index contributed by atoms with van der Waals surface area (Å²) in [7, 11) is 0. The summed E-state index contributed by atoms with van der Waals surface area (Å²) in [5, 5.41) is 4.24. The van der Waals surface area contributed by atoms with E-state index in [-0.39, 0.29) is 33.8 Å². The van der Waals surface area contributed by atoms with Gasteiger partial charge in [-0.3, -0.25) is 9.59 Å². The molecule has 1 aromatic carbocycles. The second kappa shape index (κ2) is 15.1. The first-order chi connectivity index (χ1) is 27.1. The summed E-state index contributed by atoms with van der Waals surface area (Å²) in [6.45, 7) is 22.4. The van der Waals surface area contributed by atoms with Crippen molar-refractivity contribution in [3.8, 4) is 0 Å². The second-order valence-electron chi connectivity index (χ2n) is 21.6. The highest BCUT2D eigenvalue weighted by Crippen LogP contribution is 2.76. The molecule has 0 aromatic heterocycles. The number of hydrogen-bond donors (Lipinski definition) is 1. The van der Waals surface area contributed by atoms with Crippen molar-refractivity contribution in [1.29, 1.82) is 0 Å². The zero-order chi connectivity index (χ0) is 40.4. The molecule has 8 rings (SSSR count). The summed E-state index contributed by atoms with van der Waals surface area (Å²) in [5.74, 6) is 3.09. The van der Waals surface area contributed by atoms with E-state index in [9.17, 15) is 14.0 Å². The minimum absolute atomic E-state index is 0.00324. The monoisotopic (exact) mass is 781 g/mol. The number of esters is 1. The predicted octanol–water partition coefficient (Wildman–Crippen LogP) is 11.3. The number of nitrogens with zero attached hydrogens (tertiary/aromatic N) is 1. The molecule has 312 valence electrons. The van der Waals surface area contributed by atoms with E-state index in [2.05, 4.69) is 70.5 Å².